The van der Waals surface area contributed by atoms with E-state index in [1.165, 1.54) is 36.6 Å². The third-order valence-corrected chi connectivity index (χ3v) is 5.35. The molecule has 4 heteroatoms. The first-order valence-electron chi connectivity index (χ1n) is 8.31. The highest BCUT2D eigenvalue weighted by Gasteiger charge is 2.26. The van der Waals surface area contributed by atoms with E-state index in [4.69, 9.17) is 0 Å². The standard InChI is InChI=1S/C19H24N2OS/c1-19(2,3)15-9-7-14(8-10-15)13-16-17(22)20-18(23-16)21-11-5-4-6-12-21/h7-10,13H,4-6,11-12H2,1-3H3/b16-13+. The van der Waals surface area contributed by atoms with Crippen molar-refractivity contribution in [2.24, 2.45) is 4.99 Å². The lowest BCUT2D eigenvalue weighted by atomic mass is 9.87. The van der Waals surface area contributed by atoms with Gasteiger partial charge in [-0.1, -0.05) is 45.0 Å². The van der Waals surface area contributed by atoms with Gasteiger partial charge in [-0.3, -0.25) is 4.79 Å². The number of carbonyl (C=O) groups excluding carboxylic acids is 1. The third-order valence-electron chi connectivity index (χ3n) is 4.31. The molecule has 0 atom stereocenters. The zero-order chi connectivity index (χ0) is 16.4. The lowest BCUT2D eigenvalue weighted by molar-refractivity contribution is -0.113. The van der Waals surface area contributed by atoms with Crippen molar-refractivity contribution < 1.29 is 4.79 Å². The summed E-state index contributed by atoms with van der Waals surface area (Å²) in [5.74, 6) is -0.101. The van der Waals surface area contributed by atoms with Crippen molar-refractivity contribution in [2.45, 2.75) is 45.4 Å². The number of carbonyl (C=O) groups is 1. The first-order chi connectivity index (χ1) is 10.9. The summed E-state index contributed by atoms with van der Waals surface area (Å²) in [4.78, 5) is 19.4. The Morgan fingerprint density at radius 2 is 1.74 bits per heavy atom. The van der Waals surface area contributed by atoms with Gasteiger partial charge in [0.1, 0.15) is 0 Å². The van der Waals surface area contributed by atoms with Crippen molar-refractivity contribution in [3.63, 3.8) is 0 Å². The smallest absolute Gasteiger partial charge is 0.286 e. The molecule has 1 aromatic carbocycles. The van der Waals surface area contributed by atoms with Crippen molar-refractivity contribution in [3.8, 4) is 0 Å². The Kier molecular flexibility index (Phi) is 4.62. The summed E-state index contributed by atoms with van der Waals surface area (Å²) in [6, 6.07) is 8.45. The molecule has 0 radical (unpaired) electrons. The van der Waals surface area contributed by atoms with Gasteiger partial charge in [0.05, 0.1) is 4.91 Å². The molecule has 1 fully saturated rings. The number of amides is 1. The number of rotatable bonds is 1. The van der Waals surface area contributed by atoms with Crippen LogP contribution in [0.2, 0.25) is 0 Å². The molecule has 0 unspecified atom stereocenters. The minimum Gasteiger partial charge on any atom is -0.351 e. The van der Waals surface area contributed by atoms with E-state index in [0.717, 1.165) is 28.7 Å². The van der Waals surface area contributed by atoms with E-state index in [0.29, 0.717) is 0 Å². The van der Waals surface area contributed by atoms with E-state index in [9.17, 15) is 4.79 Å². The highest BCUT2D eigenvalue weighted by molar-refractivity contribution is 8.18. The van der Waals surface area contributed by atoms with Crippen LogP contribution in [0, 0.1) is 0 Å². The van der Waals surface area contributed by atoms with Gasteiger partial charge in [-0.05, 0) is 53.6 Å². The van der Waals surface area contributed by atoms with Crippen LogP contribution in [-0.2, 0) is 10.2 Å². The van der Waals surface area contributed by atoms with Gasteiger partial charge in [0.25, 0.3) is 5.91 Å². The lowest BCUT2D eigenvalue weighted by Crippen LogP contribution is -2.33. The number of aliphatic imine (C=N–C) groups is 1. The molecule has 0 aromatic heterocycles. The number of thioether (sulfide) groups is 1. The van der Waals surface area contributed by atoms with E-state index < -0.39 is 0 Å². The monoisotopic (exact) mass is 328 g/mol. The fourth-order valence-corrected chi connectivity index (χ4v) is 3.81. The normalized spacial score (nSPS) is 21.0. The zero-order valence-corrected chi connectivity index (χ0v) is 14.9. The molecule has 23 heavy (non-hydrogen) atoms. The summed E-state index contributed by atoms with van der Waals surface area (Å²) in [7, 11) is 0. The molecule has 1 saturated heterocycles. The van der Waals surface area contributed by atoms with Crippen LogP contribution < -0.4 is 0 Å². The maximum atomic E-state index is 12.2. The fourth-order valence-electron chi connectivity index (χ4n) is 2.85. The molecule has 0 N–H and O–H groups in total. The number of likely N-dealkylation sites (tertiary alicyclic amines) is 1. The van der Waals surface area contributed by atoms with Crippen LogP contribution in [-0.4, -0.2) is 29.1 Å². The van der Waals surface area contributed by atoms with Gasteiger partial charge in [0, 0.05) is 13.1 Å². The number of benzene rings is 1. The van der Waals surface area contributed by atoms with E-state index in [2.05, 4.69) is 54.9 Å². The van der Waals surface area contributed by atoms with Crippen LogP contribution in [0.4, 0.5) is 0 Å². The van der Waals surface area contributed by atoms with Gasteiger partial charge < -0.3 is 4.90 Å². The summed E-state index contributed by atoms with van der Waals surface area (Å²) in [5.41, 5.74) is 2.51. The van der Waals surface area contributed by atoms with Gasteiger partial charge >= 0.3 is 0 Å². The molecule has 3 nitrogen and oxygen atoms in total. The predicted molar refractivity (Wildman–Crippen MR) is 98.6 cm³/mol. The molecule has 122 valence electrons. The number of hydrogen-bond donors (Lipinski definition) is 0. The second-order valence-corrected chi connectivity index (χ2v) is 8.24. The van der Waals surface area contributed by atoms with Gasteiger partial charge in [0.15, 0.2) is 5.17 Å². The van der Waals surface area contributed by atoms with Crippen LogP contribution in [0.1, 0.15) is 51.2 Å². The van der Waals surface area contributed by atoms with Crippen LogP contribution in [0.25, 0.3) is 6.08 Å². The molecule has 0 spiro atoms. The molecule has 2 aliphatic heterocycles. The van der Waals surface area contributed by atoms with Crippen molar-refractivity contribution >= 4 is 28.9 Å². The average molecular weight is 328 g/mol. The van der Waals surface area contributed by atoms with E-state index in [1.807, 2.05) is 6.08 Å². The molecule has 2 heterocycles. The highest BCUT2D eigenvalue weighted by Crippen LogP contribution is 2.32. The van der Waals surface area contributed by atoms with Crippen LogP contribution >= 0.6 is 11.8 Å². The van der Waals surface area contributed by atoms with Crippen molar-refractivity contribution in [3.05, 3.63) is 40.3 Å². The average Bonchev–Trinajstić information content (AvgIpc) is 2.89. The summed E-state index contributed by atoms with van der Waals surface area (Å²) in [6.07, 6.45) is 5.63. The first-order valence-corrected chi connectivity index (χ1v) is 9.13. The predicted octanol–water partition coefficient (Wildman–Crippen LogP) is 4.44. The third kappa shape index (κ3) is 3.86. The molecule has 2 aliphatic rings. The number of nitrogens with zero attached hydrogens (tertiary/aromatic N) is 2. The topological polar surface area (TPSA) is 32.7 Å². The highest BCUT2D eigenvalue weighted by atomic mass is 32.2. The Balaban J connectivity index is 1.72. The van der Waals surface area contributed by atoms with Crippen molar-refractivity contribution in [1.82, 2.24) is 4.90 Å². The largest absolute Gasteiger partial charge is 0.351 e. The Labute approximate surface area is 142 Å². The molecule has 1 amide bonds. The molecule has 1 aromatic rings. The van der Waals surface area contributed by atoms with Crippen molar-refractivity contribution in [1.29, 1.82) is 0 Å². The molecule has 3 rings (SSSR count). The Bertz CT molecular complexity index is 647. The summed E-state index contributed by atoms with van der Waals surface area (Å²) < 4.78 is 0. The second kappa shape index (κ2) is 6.52. The molecule has 0 saturated carbocycles. The first kappa shape index (κ1) is 16.3. The quantitative estimate of drug-likeness (QED) is 0.714. The molecule has 0 bridgehead atoms. The SMILES string of the molecule is CC(C)(C)c1ccc(/C=C2/SC(N3CCCCC3)=NC2=O)cc1. The number of amidine groups is 1. The summed E-state index contributed by atoms with van der Waals surface area (Å²) >= 11 is 1.52. The van der Waals surface area contributed by atoms with Crippen molar-refractivity contribution in [2.75, 3.05) is 13.1 Å². The minimum atomic E-state index is -0.101. The lowest BCUT2D eigenvalue weighted by Gasteiger charge is -2.27. The Hall–Kier alpha value is -1.55. The van der Waals surface area contributed by atoms with E-state index >= 15 is 0 Å². The second-order valence-electron chi connectivity index (χ2n) is 7.23. The zero-order valence-electron chi connectivity index (χ0n) is 14.1. The molecular weight excluding hydrogens is 304 g/mol. The maximum absolute atomic E-state index is 12.2. The minimum absolute atomic E-state index is 0.101. The number of hydrogen-bond acceptors (Lipinski definition) is 3. The Morgan fingerprint density at radius 3 is 2.35 bits per heavy atom. The van der Waals surface area contributed by atoms with Crippen LogP contribution in [0.15, 0.2) is 34.2 Å². The number of piperidine rings is 1. The molecular formula is C19H24N2OS. The van der Waals surface area contributed by atoms with E-state index in [-0.39, 0.29) is 11.3 Å². The van der Waals surface area contributed by atoms with Gasteiger partial charge in [0.2, 0.25) is 0 Å². The van der Waals surface area contributed by atoms with Crippen LogP contribution in [0.3, 0.4) is 0 Å². The summed E-state index contributed by atoms with van der Waals surface area (Å²) in [5, 5.41) is 0.882. The van der Waals surface area contributed by atoms with E-state index in [1.54, 1.807) is 0 Å². The molecule has 0 aliphatic carbocycles. The fraction of sp³-hybridized carbons (Fsp3) is 0.474. The van der Waals surface area contributed by atoms with Gasteiger partial charge in [-0.15, -0.1) is 0 Å². The maximum Gasteiger partial charge on any atom is 0.286 e. The summed E-state index contributed by atoms with van der Waals surface area (Å²) in [6.45, 7) is 8.65. The van der Waals surface area contributed by atoms with Crippen LogP contribution in [0.5, 0.6) is 0 Å². The van der Waals surface area contributed by atoms with Gasteiger partial charge in [-0.25, -0.2) is 0 Å². The Morgan fingerprint density at radius 1 is 1.09 bits per heavy atom. The van der Waals surface area contributed by atoms with Gasteiger partial charge in [-0.2, -0.15) is 4.99 Å².